The van der Waals surface area contributed by atoms with Gasteiger partial charge in [0.1, 0.15) is 11.6 Å². The zero-order chi connectivity index (χ0) is 14.7. The number of halogens is 2. The van der Waals surface area contributed by atoms with Crippen molar-refractivity contribution in [1.82, 2.24) is 0 Å². The fourth-order valence-corrected chi connectivity index (χ4v) is 1.82. The molecule has 2 rings (SSSR count). The first-order valence-corrected chi connectivity index (χ1v) is 6.09. The van der Waals surface area contributed by atoms with Gasteiger partial charge in [-0.2, -0.15) is 0 Å². The van der Waals surface area contributed by atoms with Crippen molar-refractivity contribution < 1.29 is 13.9 Å². The second kappa shape index (κ2) is 5.79. The lowest BCUT2D eigenvalue weighted by Crippen LogP contribution is -2.15. The van der Waals surface area contributed by atoms with Crippen molar-refractivity contribution in [1.29, 1.82) is 0 Å². The van der Waals surface area contributed by atoms with Crippen LogP contribution in [0.4, 0.5) is 15.8 Å². The van der Waals surface area contributed by atoms with Gasteiger partial charge in [0.2, 0.25) is 0 Å². The van der Waals surface area contributed by atoms with Gasteiger partial charge >= 0.3 is 0 Å². The molecule has 0 atom stereocenters. The molecule has 0 aliphatic heterocycles. The summed E-state index contributed by atoms with van der Waals surface area (Å²) < 4.78 is 18.4. The summed E-state index contributed by atoms with van der Waals surface area (Å²) >= 11 is 5.98. The molecule has 2 aromatic carbocycles. The summed E-state index contributed by atoms with van der Waals surface area (Å²) in [5.74, 6) is -0.650. The molecule has 0 bridgehead atoms. The molecule has 0 heterocycles. The molecular weight excluding hydrogens is 283 g/mol. The molecule has 0 aliphatic rings. The molecule has 1 amide bonds. The van der Waals surface area contributed by atoms with E-state index in [9.17, 15) is 9.18 Å². The third kappa shape index (κ3) is 2.83. The monoisotopic (exact) mass is 294 g/mol. The van der Waals surface area contributed by atoms with Crippen LogP contribution in [-0.4, -0.2) is 13.0 Å². The van der Waals surface area contributed by atoms with Gasteiger partial charge in [0.05, 0.1) is 29.1 Å². The number of amides is 1. The van der Waals surface area contributed by atoms with Crippen molar-refractivity contribution >= 4 is 28.9 Å². The van der Waals surface area contributed by atoms with Crippen LogP contribution in [-0.2, 0) is 0 Å². The molecule has 104 valence electrons. The third-order valence-electron chi connectivity index (χ3n) is 2.72. The number of carbonyl (C=O) groups is 1. The van der Waals surface area contributed by atoms with Gasteiger partial charge in [-0.15, -0.1) is 0 Å². The van der Waals surface area contributed by atoms with Crippen LogP contribution >= 0.6 is 11.6 Å². The maximum atomic E-state index is 13.3. The minimum absolute atomic E-state index is 0.0453. The Morgan fingerprint density at radius 3 is 2.80 bits per heavy atom. The van der Waals surface area contributed by atoms with Gasteiger partial charge in [0.15, 0.2) is 0 Å². The largest absolute Gasteiger partial charge is 0.497 e. The van der Waals surface area contributed by atoms with Crippen molar-refractivity contribution in [3.8, 4) is 5.75 Å². The zero-order valence-electron chi connectivity index (χ0n) is 10.6. The summed E-state index contributed by atoms with van der Waals surface area (Å²) in [5.41, 5.74) is 5.74. The highest BCUT2D eigenvalue weighted by atomic mass is 35.5. The SMILES string of the molecule is COc1ccc(Cl)c(NC(=O)c2cccc(F)c2N)c1. The van der Waals surface area contributed by atoms with Gasteiger partial charge in [-0.25, -0.2) is 4.39 Å². The minimum Gasteiger partial charge on any atom is -0.497 e. The molecule has 6 heteroatoms. The van der Waals surface area contributed by atoms with Gasteiger partial charge in [-0.3, -0.25) is 4.79 Å². The number of nitrogens with two attached hydrogens (primary N) is 1. The molecule has 0 fully saturated rings. The number of anilines is 2. The molecule has 0 spiro atoms. The Morgan fingerprint density at radius 1 is 1.35 bits per heavy atom. The number of carbonyl (C=O) groups excluding carboxylic acids is 1. The number of hydrogen-bond donors (Lipinski definition) is 2. The number of benzene rings is 2. The molecule has 0 saturated heterocycles. The van der Waals surface area contributed by atoms with Crippen molar-refractivity contribution in [2.45, 2.75) is 0 Å². The van der Waals surface area contributed by atoms with Crippen molar-refractivity contribution in [2.24, 2.45) is 0 Å². The molecule has 4 nitrogen and oxygen atoms in total. The van der Waals surface area contributed by atoms with E-state index < -0.39 is 11.7 Å². The fourth-order valence-electron chi connectivity index (χ4n) is 1.65. The summed E-state index contributed by atoms with van der Waals surface area (Å²) in [6.07, 6.45) is 0. The minimum atomic E-state index is -0.644. The molecule has 3 N–H and O–H groups in total. The van der Waals surface area contributed by atoms with E-state index in [0.29, 0.717) is 16.5 Å². The first-order chi connectivity index (χ1) is 9.52. The number of nitrogen functional groups attached to an aromatic ring is 1. The third-order valence-corrected chi connectivity index (χ3v) is 3.05. The van der Waals surface area contributed by atoms with Crippen LogP contribution in [0.15, 0.2) is 36.4 Å². The van der Waals surface area contributed by atoms with Gasteiger partial charge in [-0.05, 0) is 24.3 Å². The Bertz CT molecular complexity index is 662. The summed E-state index contributed by atoms with van der Waals surface area (Å²) in [4.78, 5) is 12.1. The quantitative estimate of drug-likeness (QED) is 0.854. The van der Waals surface area contributed by atoms with E-state index >= 15 is 0 Å². The smallest absolute Gasteiger partial charge is 0.257 e. The van der Waals surface area contributed by atoms with Crippen molar-refractivity contribution in [2.75, 3.05) is 18.2 Å². The lowest BCUT2D eigenvalue weighted by atomic mass is 10.1. The Morgan fingerprint density at radius 2 is 2.10 bits per heavy atom. The predicted octanol–water partition coefficient (Wildman–Crippen LogP) is 3.32. The Hall–Kier alpha value is -2.27. The number of para-hydroxylation sites is 1. The van der Waals surface area contributed by atoms with Gasteiger partial charge in [-0.1, -0.05) is 17.7 Å². The highest BCUT2D eigenvalue weighted by Crippen LogP contribution is 2.27. The number of ether oxygens (including phenoxy) is 1. The van der Waals surface area contributed by atoms with Gasteiger partial charge in [0, 0.05) is 6.07 Å². The number of nitrogens with one attached hydrogen (secondary N) is 1. The highest BCUT2D eigenvalue weighted by Gasteiger charge is 2.14. The van der Waals surface area contributed by atoms with E-state index in [1.807, 2.05) is 0 Å². The maximum Gasteiger partial charge on any atom is 0.257 e. The summed E-state index contributed by atoms with van der Waals surface area (Å²) in [6.45, 7) is 0. The average Bonchev–Trinajstić information content (AvgIpc) is 2.44. The normalized spacial score (nSPS) is 10.2. The van der Waals surface area contributed by atoms with Crippen LogP contribution in [0.25, 0.3) is 0 Å². The maximum absolute atomic E-state index is 13.3. The van der Waals surface area contributed by atoms with E-state index in [4.69, 9.17) is 22.1 Å². The van der Waals surface area contributed by atoms with E-state index in [2.05, 4.69) is 5.32 Å². The van der Waals surface area contributed by atoms with Crippen LogP contribution in [0.5, 0.6) is 5.75 Å². The first-order valence-electron chi connectivity index (χ1n) is 5.72. The summed E-state index contributed by atoms with van der Waals surface area (Å²) in [5, 5.41) is 2.91. The summed E-state index contributed by atoms with van der Waals surface area (Å²) in [7, 11) is 1.50. The zero-order valence-corrected chi connectivity index (χ0v) is 11.4. The van der Waals surface area contributed by atoms with Crippen molar-refractivity contribution in [3.63, 3.8) is 0 Å². The second-order valence-electron chi connectivity index (χ2n) is 4.00. The Kier molecular flexibility index (Phi) is 4.10. The first kappa shape index (κ1) is 14.1. The van der Waals surface area contributed by atoms with E-state index in [-0.39, 0.29) is 11.3 Å². The van der Waals surface area contributed by atoms with Crippen LogP contribution in [0.1, 0.15) is 10.4 Å². The van der Waals surface area contributed by atoms with Gasteiger partial charge < -0.3 is 15.8 Å². The Balaban J connectivity index is 2.30. The average molecular weight is 295 g/mol. The Labute approximate surface area is 120 Å². The molecule has 20 heavy (non-hydrogen) atoms. The number of rotatable bonds is 3. The molecular formula is C14H12ClFN2O2. The second-order valence-corrected chi connectivity index (χ2v) is 4.41. The fraction of sp³-hybridized carbons (Fsp3) is 0.0714. The predicted molar refractivity (Wildman–Crippen MR) is 76.8 cm³/mol. The van der Waals surface area contributed by atoms with E-state index in [1.165, 1.54) is 25.3 Å². The molecule has 0 radical (unpaired) electrons. The molecule has 2 aromatic rings. The highest BCUT2D eigenvalue weighted by molar-refractivity contribution is 6.34. The molecule has 0 saturated carbocycles. The number of methoxy groups -OCH3 is 1. The topological polar surface area (TPSA) is 64.3 Å². The van der Waals surface area contributed by atoms with Crippen LogP contribution in [0, 0.1) is 5.82 Å². The standard InChI is InChI=1S/C14H12ClFN2O2/c1-20-8-5-6-10(15)12(7-8)18-14(19)9-3-2-4-11(16)13(9)17/h2-7H,17H2,1H3,(H,18,19). The molecule has 0 aliphatic carbocycles. The van der Waals surface area contributed by atoms with Crippen molar-refractivity contribution in [3.05, 3.63) is 52.8 Å². The summed E-state index contributed by atoms with van der Waals surface area (Å²) in [6, 6.07) is 8.84. The molecule has 0 aromatic heterocycles. The lowest BCUT2D eigenvalue weighted by Gasteiger charge is -2.10. The number of hydrogen-bond acceptors (Lipinski definition) is 3. The molecule has 0 unspecified atom stereocenters. The van der Waals surface area contributed by atoms with E-state index in [0.717, 1.165) is 0 Å². The van der Waals surface area contributed by atoms with Crippen LogP contribution in [0.2, 0.25) is 5.02 Å². The lowest BCUT2D eigenvalue weighted by molar-refractivity contribution is 0.102. The van der Waals surface area contributed by atoms with Crippen LogP contribution < -0.4 is 15.8 Å². The van der Waals surface area contributed by atoms with Gasteiger partial charge in [0.25, 0.3) is 5.91 Å². The van der Waals surface area contributed by atoms with Crippen LogP contribution in [0.3, 0.4) is 0 Å². The van der Waals surface area contributed by atoms with E-state index in [1.54, 1.807) is 18.2 Å².